The fourth-order valence-electron chi connectivity index (χ4n) is 2.97. The fraction of sp³-hybridized carbons (Fsp3) is 0.350. The van der Waals surface area contributed by atoms with Crippen LogP contribution in [0.3, 0.4) is 0 Å². The normalized spacial score (nSPS) is 15.2. The van der Waals surface area contributed by atoms with Crippen LogP contribution in [0.25, 0.3) is 0 Å². The SMILES string of the molecule is COc1ccc(CNC(=O)c2ccc(C)c(S(=O)(=O)N3CCOCC3)c2)cc1. The number of aryl methyl sites for hydroxylation is 1. The van der Waals surface area contributed by atoms with Crippen LogP contribution < -0.4 is 10.1 Å². The van der Waals surface area contributed by atoms with Crippen LogP contribution in [-0.4, -0.2) is 52.0 Å². The number of amides is 1. The molecule has 0 aromatic heterocycles. The number of morpholine rings is 1. The smallest absolute Gasteiger partial charge is 0.251 e. The summed E-state index contributed by atoms with van der Waals surface area (Å²) in [4.78, 5) is 12.7. The zero-order valence-corrected chi connectivity index (χ0v) is 16.8. The van der Waals surface area contributed by atoms with E-state index in [1.165, 1.54) is 10.4 Å². The number of nitrogens with one attached hydrogen (secondary N) is 1. The summed E-state index contributed by atoms with van der Waals surface area (Å²) in [5.41, 5.74) is 1.84. The number of hydrogen-bond donors (Lipinski definition) is 1. The number of methoxy groups -OCH3 is 1. The molecule has 28 heavy (non-hydrogen) atoms. The number of carbonyl (C=O) groups is 1. The Bertz CT molecular complexity index is 936. The molecule has 3 rings (SSSR count). The minimum Gasteiger partial charge on any atom is -0.497 e. The van der Waals surface area contributed by atoms with Gasteiger partial charge in [-0.2, -0.15) is 4.31 Å². The quantitative estimate of drug-likeness (QED) is 0.796. The highest BCUT2D eigenvalue weighted by Crippen LogP contribution is 2.22. The summed E-state index contributed by atoms with van der Waals surface area (Å²) in [6, 6.07) is 12.1. The molecule has 0 bridgehead atoms. The van der Waals surface area contributed by atoms with Crippen LogP contribution in [-0.2, 0) is 21.3 Å². The molecule has 0 aliphatic carbocycles. The van der Waals surface area contributed by atoms with Gasteiger partial charge in [-0.25, -0.2) is 8.42 Å². The number of benzene rings is 2. The molecule has 1 saturated heterocycles. The Hall–Kier alpha value is -2.42. The topological polar surface area (TPSA) is 84.9 Å². The summed E-state index contributed by atoms with van der Waals surface area (Å²) in [6.07, 6.45) is 0. The van der Waals surface area contributed by atoms with Crippen LogP contribution in [0.15, 0.2) is 47.4 Å². The van der Waals surface area contributed by atoms with Gasteiger partial charge in [-0.05, 0) is 42.3 Å². The molecule has 0 unspecified atom stereocenters. The second-order valence-electron chi connectivity index (χ2n) is 6.53. The van der Waals surface area contributed by atoms with Gasteiger partial charge >= 0.3 is 0 Å². The van der Waals surface area contributed by atoms with Gasteiger partial charge in [-0.15, -0.1) is 0 Å². The molecule has 1 aliphatic rings. The molecule has 8 heteroatoms. The van der Waals surface area contributed by atoms with Gasteiger partial charge in [-0.1, -0.05) is 18.2 Å². The maximum absolute atomic E-state index is 12.9. The third-order valence-corrected chi connectivity index (χ3v) is 6.69. The van der Waals surface area contributed by atoms with Crippen molar-refractivity contribution in [3.05, 3.63) is 59.2 Å². The van der Waals surface area contributed by atoms with Crippen LogP contribution in [0, 0.1) is 6.92 Å². The Morgan fingerprint density at radius 1 is 1.14 bits per heavy atom. The molecular weight excluding hydrogens is 380 g/mol. The molecular formula is C20H24N2O5S. The summed E-state index contributed by atoms with van der Waals surface area (Å²) in [6.45, 7) is 3.45. The van der Waals surface area contributed by atoms with E-state index < -0.39 is 10.0 Å². The average molecular weight is 404 g/mol. The second-order valence-corrected chi connectivity index (χ2v) is 8.43. The first kappa shape index (κ1) is 20.3. The van der Waals surface area contributed by atoms with Gasteiger partial charge in [0.05, 0.1) is 25.2 Å². The Labute approximate surface area is 165 Å². The van der Waals surface area contributed by atoms with E-state index in [2.05, 4.69) is 5.32 Å². The van der Waals surface area contributed by atoms with E-state index in [-0.39, 0.29) is 10.8 Å². The van der Waals surface area contributed by atoms with Crippen molar-refractivity contribution in [3.63, 3.8) is 0 Å². The van der Waals surface area contributed by atoms with Crippen molar-refractivity contribution in [1.82, 2.24) is 9.62 Å². The highest BCUT2D eigenvalue weighted by Gasteiger charge is 2.28. The number of sulfonamides is 1. The number of hydrogen-bond acceptors (Lipinski definition) is 5. The van der Waals surface area contributed by atoms with Gasteiger partial charge < -0.3 is 14.8 Å². The first-order valence-electron chi connectivity index (χ1n) is 9.01. The van der Waals surface area contributed by atoms with Gasteiger partial charge in [0.2, 0.25) is 10.0 Å². The largest absolute Gasteiger partial charge is 0.497 e. The lowest BCUT2D eigenvalue weighted by molar-refractivity contribution is 0.0730. The molecule has 7 nitrogen and oxygen atoms in total. The minimum atomic E-state index is -3.66. The Morgan fingerprint density at radius 3 is 2.46 bits per heavy atom. The second kappa shape index (κ2) is 8.72. The third kappa shape index (κ3) is 4.52. The Kier molecular flexibility index (Phi) is 6.33. The van der Waals surface area contributed by atoms with Crippen molar-refractivity contribution in [1.29, 1.82) is 0 Å². The fourth-order valence-corrected chi connectivity index (χ4v) is 4.63. The molecule has 0 saturated carbocycles. The van der Waals surface area contributed by atoms with Crippen molar-refractivity contribution in [2.24, 2.45) is 0 Å². The monoisotopic (exact) mass is 404 g/mol. The van der Waals surface area contributed by atoms with Crippen molar-refractivity contribution >= 4 is 15.9 Å². The minimum absolute atomic E-state index is 0.159. The molecule has 150 valence electrons. The molecule has 1 fully saturated rings. The van der Waals surface area contributed by atoms with Crippen molar-refractivity contribution < 1.29 is 22.7 Å². The standard InChI is InChI=1S/C20H24N2O5S/c1-15-3-6-17(13-19(15)28(24,25)22-9-11-27-12-10-22)20(23)21-14-16-4-7-18(26-2)8-5-16/h3-8,13H,9-12,14H2,1-2H3,(H,21,23). The van der Waals surface area contributed by atoms with Gasteiger partial charge in [0.1, 0.15) is 5.75 Å². The summed E-state index contributed by atoms with van der Waals surface area (Å²) < 4.78 is 37.6. The summed E-state index contributed by atoms with van der Waals surface area (Å²) >= 11 is 0. The lowest BCUT2D eigenvalue weighted by atomic mass is 10.1. The van der Waals surface area contributed by atoms with E-state index in [9.17, 15) is 13.2 Å². The van der Waals surface area contributed by atoms with Crippen LogP contribution in [0.4, 0.5) is 0 Å². The van der Waals surface area contributed by atoms with Crippen LogP contribution in [0.5, 0.6) is 5.75 Å². The number of rotatable bonds is 6. The number of nitrogens with zero attached hydrogens (tertiary/aromatic N) is 1. The molecule has 1 aliphatic heterocycles. The van der Waals surface area contributed by atoms with Crippen LogP contribution in [0.1, 0.15) is 21.5 Å². The van der Waals surface area contributed by atoms with Crippen LogP contribution >= 0.6 is 0 Å². The molecule has 1 amide bonds. The Morgan fingerprint density at radius 2 is 1.82 bits per heavy atom. The predicted molar refractivity (Wildman–Crippen MR) is 105 cm³/mol. The van der Waals surface area contributed by atoms with E-state index >= 15 is 0 Å². The van der Waals surface area contributed by atoms with Crippen molar-refractivity contribution in [2.75, 3.05) is 33.4 Å². The summed E-state index contributed by atoms with van der Waals surface area (Å²) in [7, 11) is -2.07. The van der Waals surface area contributed by atoms with E-state index in [1.807, 2.05) is 24.3 Å². The molecule has 1 N–H and O–H groups in total. The zero-order valence-electron chi connectivity index (χ0n) is 16.0. The first-order valence-corrected chi connectivity index (χ1v) is 10.5. The van der Waals surface area contributed by atoms with Gasteiger partial charge in [0, 0.05) is 25.2 Å². The lowest BCUT2D eigenvalue weighted by Gasteiger charge is -2.26. The predicted octanol–water partition coefficient (Wildman–Crippen LogP) is 1.95. The first-order chi connectivity index (χ1) is 13.4. The van der Waals surface area contributed by atoms with Gasteiger partial charge in [0.15, 0.2) is 0 Å². The number of carbonyl (C=O) groups excluding carboxylic acids is 1. The highest BCUT2D eigenvalue weighted by molar-refractivity contribution is 7.89. The van der Waals surface area contributed by atoms with Gasteiger partial charge in [0.25, 0.3) is 5.91 Å². The lowest BCUT2D eigenvalue weighted by Crippen LogP contribution is -2.41. The highest BCUT2D eigenvalue weighted by atomic mass is 32.2. The molecule has 0 spiro atoms. The van der Waals surface area contributed by atoms with Gasteiger partial charge in [-0.3, -0.25) is 4.79 Å². The summed E-state index contributed by atoms with van der Waals surface area (Å²) in [5.74, 6) is 0.417. The molecule has 2 aromatic carbocycles. The van der Waals surface area contributed by atoms with E-state index in [0.29, 0.717) is 44.0 Å². The van der Waals surface area contributed by atoms with E-state index in [0.717, 1.165) is 11.3 Å². The number of ether oxygens (including phenoxy) is 2. The third-order valence-electron chi connectivity index (χ3n) is 4.65. The summed E-state index contributed by atoms with van der Waals surface area (Å²) in [5, 5.41) is 2.82. The maximum Gasteiger partial charge on any atom is 0.251 e. The van der Waals surface area contributed by atoms with Crippen molar-refractivity contribution in [2.45, 2.75) is 18.4 Å². The molecule has 0 atom stereocenters. The average Bonchev–Trinajstić information content (AvgIpc) is 2.73. The van der Waals surface area contributed by atoms with E-state index in [1.54, 1.807) is 26.2 Å². The van der Waals surface area contributed by atoms with Crippen LogP contribution in [0.2, 0.25) is 0 Å². The molecule has 2 aromatic rings. The maximum atomic E-state index is 12.9. The Balaban J connectivity index is 1.75. The zero-order chi connectivity index (χ0) is 20.1. The molecule has 1 heterocycles. The van der Waals surface area contributed by atoms with Crippen molar-refractivity contribution in [3.8, 4) is 5.75 Å². The molecule has 0 radical (unpaired) electrons. The van der Waals surface area contributed by atoms with E-state index in [4.69, 9.17) is 9.47 Å².